The average Bonchev–Trinajstić information content (AvgIpc) is 3.21. The van der Waals surface area contributed by atoms with Gasteiger partial charge < -0.3 is 24.9 Å². The molecule has 174 valence electrons. The maximum absolute atomic E-state index is 12.6. The van der Waals surface area contributed by atoms with Crippen LogP contribution in [0.5, 0.6) is 5.75 Å². The van der Waals surface area contributed by atoms with Gasteiger partial charge in [0.25, 0.3) is 0 Å². The Morgan fingerprint density at radius 1 is 1.30 bits per heavy atom. The third-order valence-corrected chi connectivity index (χ3v) is 6.57. The van der Waals surface area contributed by atoms with Gasteiger partial charge in [-0.05, 0) is 30.0 Å². The van der Waals surface area contributed by atoms with Crippen LogP contribution in [0.3, 0.4) is 0 Å². The fourth-order valence-electron chi connectivity index (χ4n) is 4.23. The molecule has 1 atom stereocenters. The molecule has 0 aliphatic carbocycles. The highest BCUT2D eigenvalue weighted by Crippen LogP contribution is 2.43. The smallest absolute Gasteiger partial charge is 0.341 e. The summed E-state index contributed by atoms with van der Waals surface area (Å²) >= 11 is 1.35. The fourth-order valence-corrected chi connectivity index (χ4v) is 4.79. The van der Waals surface area contributed by atoms with Crippen LogP contribution in [0.1, 0.15) is 42.2 Å². The van der Waals surface area contributed by atoms with Crippen LogP contribution in [-0.2, 0) is 11.2 Å². The normalized spacial score (nSPS) is 14.7. The molecule has 0 bridgehead atoms. The molecule has 3 aromatic rings. The molecule has 1 aromatic carbocycles. The molecule has 1 unspecified atom stereocenters. The second kappa shape index (κ2) is 9.36. The van der Waals surface area contributed by atoms with E-state index in [-0.39, 0.29) is 17.5 Å². The van der Waals surface area contributed by atoms with Crippen molar-refractivity contribution in [3.63, 3.8) is 0 Å². The van der Waals surface area contributed by atoms with Crippen molar-refractivity contribution in [2.75, 3.05) is 26.1 Å². The predicted octanol–water partition coefficient (Wildman–Crippen LogP) is 4.09. The molecule has 8 nitrogen and oxygen atoms in total. The fraction of sp³-hybridized carbons (Fsp3) is 0.375. The van der Waals surface area contributed by atoms with Crippen molar-refractivity contribution in [2.45, 2.75) is 32.7 Å². The van der Waals surface area contributed by atoms with Gasteiger partial charge in [0, 0.05) is 54.9 Å². The molecule has 0 radical (unpaired) electrons. The standard InChI is InChI=1S/C24H27N3O5S/c1-13(2)19-7-14-8-22(32-6-4-5-31-3)16(18-12-33-24(25)26-18)9-15(14)20-10-21(28)17(23(29)30)11-27(19)20/h8-13,19H,4-7H2,1-3H3,(H2,25,26)(H,29,30). The molecule has 4 rings (SSSR count). The average molecular weight is 470 g/mol. The zero-order chi connectivity index (χ0) is 23.7. The van der Waals surface area contributed by atoms with E-state index in [4.69, 9.17) is 15.2 Å². The number of nitrogen functional groups attached to an aromatic ring is 1. The number of aromatic carboxylic acids is 1. The number of hydrogen-bond acceptors (Lipinski definition) is 7. The molecule has 0 spiro atoms. The first-order chi connectivity index (χ1) is 15.8. The molecule has 1 aliphatic heterocycles. The molecule has 3 N–H and O–H groups in total. The SMILES string of the molecule is COCCCOc1cc2c(cc1-c1csc(N)n1)-c1cc(=O)c(C(=O)O)cn1C(C(C)C)C2. The van der Waals surface area contributed by atoms with Crippen LogP contribution in [0.15, 0.2) is 34.6 Å². The summed E-state index contributed by atoms with van der Waals surface area (Å²) in [6, 6.07) is 5.42. The second-order valence-corrected chi connectivity index (χ2v) is 9.33. The summed E-state index contributed by atoms with van der Waals surface area (Å²) in [6.45, 7) is 5.27. The number of fused-ring (bicyclic) bond motifs is 3. The minimum absolute atomic E-state index is 0.00769. The Morgan fingerprint density at radius 3 is 2.73 bits per heavy atom. The van der Waals surface area contributed by atoms with Crippen molar-refractivity contribution < 1.29 is 19.4 Å². The number of carboxylic acid groups (broad SMARTS) is 1. The van der Waals surface area contributed by atoms with E-state index >= 15 is 0 Å². The van der Waals surface area contributed by atoms with E-state index in [1.165, 1.54) is 23.6 Å². The minimum atomic E-state index is -1.22. The van der Waals surface area contributed by atoms with Gasteiger partial charge >= 0.3 is 5.97 Å². The summed E-state index contributed by atoms with van der Waals surface area (Å²) < 4.78 is 13.2. The molecule has 0 fully saturated rings. The lowest BCUT2D eigenvalue weighted by Crippen LogP contribution is -2.28. The maximum atomic E-state index is 12.6. The Morgan fingerprint density at radius 2 is 2.09 bits per heavy atom. The molecule has 33 heavy (non-hydrogen) atoms. The van der Waals surface area contributed by atoms with Crippen molar-refractivity contribution >= 4 is 22.4 Å². The summed E-state index contributed by atoms with van der Waals surface area (Å²) in [7, 11) is 1.66. The van der Waals surface area contributed by atoms with Crippen molar-refractivity contribution in [2.24, 2.45) is 5.92 Å². The minimum Gasteiger partial charge on any atom is -0.493 e. The topological polar surface area (TPSA) is 117 Å². The van der Waals surface area contributed by atoms with E-state index in [2.05, 4.69) is 18.8 Å². The van der Waals surface area contributed by atoms with Crippen LogP contribution in [-0.4, -0.2) is 41.0 Å². The van der Waals surface area contributed by atoms with Gasteiger partial charge in [0.1, 0.15) is 11.3 Å². The number of aromatic nitrogens is 2. The van der Waals surface area contributed by atoms with Crippen molar-refractivity contribution in [3.05, 3.63) is 51.1 Å². The van der Waals surface area contributed by atoms with Gasteiger partial charge in [0.05, 0.1) is 18.0 Å². The number of hydrogen-bond donors (Lipinski definition) is 2. The molecule has 0 saturated heterocycles. The van der Waals surface area contributed by atoms with Crippen LogP contribution < -0.4 is 15.9 Å². The third-order valence-electron chi connectivity index (χ3n) is 5.90. The number of ether oxygens (including phenoxy) is 2. The monoisotopic (exact) mass is 469 g/mol. The highest BCUT2D eigenvalue weighted by atomic mass is 32.1. The maximum Gasteiger partial charge on any atom is 0.341 e. The third kappa shape index (κ3) is 4.51. The highest BCUT2D eigenvalue weighted by Gasteiger charge is 2.29. The number of carbonyl (C=O) groups is 1. The first-order valence-electron chi connectivity index (χ1n) is 10.8. The van der Waals surface area contributed by atoms with Gasteiger partial charge in [0.2, 0.25) is 0 Å². The van der Waals surface area contributed by atoms with Crippen LogP contribution in [0.4, 0.5) is 5.13 Å². The van der Waals surface area contributed by atoms with E-state index in [0.717, 1.165) is 23.1 Å². The Labute approximate surface area is 195 Å². The number of nitrogens with zero attached hydrogens (tertiary/aromatic N) is 2. The van der Waals surface area contributed by atoms with E-state index in [0.29, 0.717) is 41.9 Å². The summed E-state index contributed by atoms with van der Waals surface area (Å²) in [4.78, 5) is 28.6. The molecule has 1 aliphatic rings. The summed E-state index contributed by atoms with van der Waals surface area (Å²) in [5.41, 5.74) is 9.24. The number of anilines is 1. The molecule has 3 heterocycles. The van der Waals surface area contributed by atoms with Gasteiger partial charge in [0.15, 0.2) is 10.6 Å². The molecule has 0 saturated carbocycles. The lowest BCUT2D eigenvalue weighted by molar-refractivity contribution is 0.0694. The number of pyridine rings is 1. The molecular formula is C24H27N3O5S. The van der Waals surface area contributed by atoms with Gasteiger partial charge in [-0.15, -0.1) is 11.3 Å². The van der Waals surface area contributed by atoms with Crippen LogP contribution in [0, 0.1) is 5.92 Å². The Balaban J connectivity index is 1.89. The highest BCUT2D eigenvalue weighted by molar-refractivity contribution is 7.13. The van der Waals surface area contributed by atoms with E-state index in [1.54, 1.807) is 7.11 Å². The van der Waals surface area contributed by atoms with Gasteiger partial charge in [-0.3, -0.25) is 4.79 Å². The Bertz CT molecular complexity index is 1250. The van der Waals surface area contributed by atoms with Gasteiger partial charge in [-0.2, -0.15) is 0 Å². The number of thiazole rings is 1. The molecule has 2 aromatic heterocycles. The van der Waals surface area contributed by atoms with E-state index in [1.807, 2.05) is 22.1 Å². The van der Waals surface area contributed by atoms with Gasteiger partial charge in [-0.25, -0.2) is 9.78 Å². The Hall–Kier alpha value is -3.17. The zero-order valence-corrected chi connectivity index (χ0v) is 19.6. The largest absolute Gasteiger partial charge is 0.493 e. The number of carboxylic acids is 1. The van der Waals surface area contributed by atoms with Gasteiger partial charge in [-0.1, -0.05) is 13.8 Å². The number of rotatable bonds is 8. The molecule has 9 heteroatoms. The first-order valence-corrected chi connectivity index (χ1v) is 11.7. The number of benzene rings is 1. The zero-order valence-electron chi connectivity index (χ0n) is 18.8. The van der Waals surface area contributed by atoms with Crippen LogP contribution in [0.2, 0.25) is 0 Å². The van der Waals surface area contributed by atoms with E-state index < -0.39 is 11.4 Å². The molecule has 0 amide bonds. The van der Waals surface area contributed by atoms with Crippen molar-refractivity contribution in [1.82, 2.24) is 9.55 Å². The lowest BCUT2D eigenvalue weighted by atomic mass is 9.86. The quantitative estimate of drug-likeness (QED) is 0.477. The van der Waals surface area contributed by atoms with E-state index in [9.17, 15) is 14.7 Å². The van der Waals surface area contributed by atoms with Crippen LogP contribution in [0.25, 0.3) is 22.5 Å². The first kappa shape index (κ1) is 23.0. The molecular weight excluding hydrogens is 442 g/mol. The lowest BCUT2D eigenvalue weighted by Gasteiger charge is -2.34. The summed E-state index contributed by atoms with van der Waals surface area (Å²) in [5, 5.41) is 11.8. The number of nitrogens with two attached hydrogens (primary N) is 1. The van der Waals surface area contributed by atoms with Crippen molar-refractivity contribution in [1.29, 1.82) is 0 Å². The number of methoxy groups -OCH3 is 1. The van der Waals surface area contributed by atoms with Crippen molar-refractivity contribution in [3.8, 4) is 28.3 Å². The summed E-state index contributed by atoms with van der Waals surface area (Å²) in [5.74, 6) is -0.289. The second-order valence-electron chi connectivity index (χ2n) is 8.44. The Kier molecular flexibility index (Phi) is 6.53. The summed E-state index contributed by atoms with van der Waals surface area (Å²) in [6.07, 6.45) is 2.91. The predicted molar refractivity (Wildman–Crippen MR) is 128 cm³/mol. The van der Waals surface area contributed by atoms with Crippen LogP contribution >= 0.6 is 11.3 Å².